The topological polar surface area (TPSA) is 51.1 Å². The quantitative estimate of drug-likeness (QED) is 0.456. The summed E-state index contributed by atoms with van der Waals surface area (Å²) in [6.07, 6.45) is 0. The fourth-order valence-corrected chi connectivity index (χ4v) is 1.90. The molecule has 0 atom stereocenters. The minimum Gasteiger partial charge on any atom is -0.496 e. The van der Waals surface area contributed by atoms with Crippen molar-refractivity contribution >= 4 is 37.1 Å². The Morgan fingerprint density at radius 3 is 1.88 bits per heavy atom. The first-order chi connectivity index (χ1) is 11.1. The van der Waals surface area contributed by atoms with E-state index in [-0.39, 0.29) is 18.9 Å². The molecule has 0 bridgehead atoms. The molecule has 0 fully saturated rings. The summed E-state index contributed by atoms with van der Waals surface area (Å²) in [6.45, 7) is 11.2. The van der Waals surface area contributed by atoms with Gasteiger partial charge in [-0.05, 0) is 47.6 Å². The molecule has 1 aromatic heterocycles. The Bertz CT molecular complexity index is 660. The maximum absolute atomic E-state index is 5.79. The van der Waals surface area contributed by atoms with Crippen LogP contribution in [0.2, 0.25) is 0 Å². The minimum absolute atomic E-state index is 0. The first-order valence-electron chi connectivity index (χ1n) is 7.95. The molecule has 1 aromatic carbocycles. The van der Waals surface area contributed by atoms with Crippen LogP contribution < -0.4 is 4.65 Å². The summed E-state index contributed by atoms with van der Waals surface area (Å²) in [4.78, 5) is 21.2. The molecular weight excluding hydrogens is 316 g/mol. The van der Waals surface area contributed by atoms with E-state index in [0.29, 0.717) is 5.88 Å². The smallest absolute Gasteiger partial charge is 0.496 e. The summed E-state index contributed by atoms with van der Waals surface area (Å²) < 4.78 is 7.70. The first kappa shape index (κ1) is 22.1. The van der Waals surface area contributed by atoms with Crippen LogP contribution in [0.25, 0.3) is 10.9 Å². The standard InChI is InChI=1S/C17H26BNO5.Li/c1-16(2,3)21-23-18(24-22-17(4,5)6)20-15-12-13-10-8-9-11-14(13)19(15)7;/h8-12H,1-7H3;. The number of rotatable bonds is 6. The van der Waals surface area contributed by atoms with Gasteiger partial charge in [0.25, 0.3) is 0 Å². The van der Waals surface area contributed by atoms with Gasteiger partial charge in [0.1, 0.15) is 0 Å². The number of aromatic nitrogens is 1. The maximum Gasteiger partial charge on any atom is 0.771 e. The molecule has 0 aliphatic rings. The maximum atomic E-state index is 5.79. The Balaban J connectivity index is 0.00000312. The fraction of sp³-hybridized carbons (Fsp3) is 0.529. The Hall–Kier alpha value is -0.938. The van der Waals surface area contributed by atoms with E-state index in [4.69, 9.17) is 24.0 Å². The van der Waals surface area contributed by atoms with E-state index < -0.39 is 18.5 Å². The third-order valence-corrected chi connectivity index (χ3v) is 2.88. The van der Waals surface area contributed by atoms with Crippen LogP contribution in [0.1, 0.15) is 41.5 Å². The minimum atomic E-state index is -1.16. The molecule has 0 spiro atoms. The number of para-hydroxylation sites is 1. The molecule has 2 rings (SSSR count). The normalized spacial score (nSPS) is 12.1. The number of nitrogens with zero attached hydrogens (tertiary/aromatic N) is 1. The van der Waals surface area contributed by atoms with Crippen LogP contribution >= 0.6 is 0 Å². The van der Waals surface area contributed by atoms with Crippen molar-refractivity contribution in [3.63, 3.8) is 0 Å². The molecule has 6 nitrogen and oxygen atoms in total. The molecule has 133 valence electrons. The zero-order valence-corrected chi connectivity index (χ0v) is 16.5. The molecule has 0 unspecified atom stereocenters. The summed E-state index contributed by atoms with van der Waals surface area (Å²) in [5.41, 5.74) is 0.0248. The van der Waals surface area contributed by atoms with Crippen LogP contribution in [-0.4, -0.2) is 42.0 Å². The van der Waals surface area contributed by atoms with Crippen molar-refractivity contribution in [3.8, 4) is 5.88 Å². The summed E-state index contributed by atoms with van der Waals surface area (Å²) in [5.74, 6) is 0.580. The van der Waals surface area contributed by atoms with Gasteiger partial charge >= 0.3 is 7.32 Å². The van der Waals surface area contributed by atoms with Gasteiger partial charge < -0.3 is 9.22 Å². The van der Waals surface area contributed by atoms with Crippen molar-refractivity contribution in [2.75, 3.05) is 0 Å². The largest absolute Gasteiger partial charge is 0.771 e. The summed E-state index contributed by atoms with van der Waals surface area (Å²) in [7, 11) is 0.746. The van der Waals surface area contributed by atoms with Crippen LogP contribution in [0, 0.1) is 0 Å². The molecule has 0 amide bonds. The van der Waals surface area contributed by atoms with Crippen molar-refractivity contribution < 1.29 is 24.0 Å². The van der Waals surface area contributed by atoms with E-state index in [1.54, 1.807) is 0 Å². The second kappa shape index (κ2) is 8.63. The molecule has 0 aliphatic carbocycles. The van der Waals surface area contributed by atoms with Crippen molar-refractivity contribution in [3.05, 3.63) is 30.3 Å². The molecule has 8 heteroatoms. The third kappa shape index (κ3) is 7.06. The van der Waals surface area contributed by atoms with Crippen LogP contribution in [0.5, 0.6) is 5.88 Å². The Labute approximate surface area is 161 Å². The zero-order chi connectivity index (χ0) is 18.0. The van der Waals surface area contributed by atoms with Gasteiger partial charge in [0.2, 0.25) is 0 Å². The number of aryl methyl sites for hydroxylation is 1. The average Bonchev–Trinajstić information content (AvgIpc) is 2.77. The first-order valence-corrected chi connectivity index (χ1v) is 7.95. The van der Waals surface area contributed by atoms with Crippen molar-refractivity contribution in [2.24, 2.45) is 7.05 Å². The summed E-state index contributed by atoms with van der Waals surface area (Å²) in [6, 6.07) is 9.87. The number of fused-ring (bicyclic) bond motifs is 1. The van der Waals surface area contributed by atoms with Crippen LogP contribution in [0.4, 0.5) is 0 Å². The van der Waals surface area contributed by atoms with Gasteiger partial charge in [0.15, 0.2) is 5.88 Å². The third-order valence-electron chi connectivity index (χ3n) is 2.88. The molecule has 0 N–H and O–H groups in total. The number of hydrogen-bond donors (Lipinski definition) is 0. The van der Waals surface area contributed by atoms with Crippen LogP contribution in [-0.2, 0) is 26.4 Å². The van der Waals surface area contributed by atoms with Gasteiger partial charge in [-0.3, -0.25) is 0 Å². The van der Waals surface area contributed by atoms with E-state index >= 15 is 0 Å². The van der Waals surface area contributed by atoms with E-state index in [1.807, 2.05) is 83.5 Å². The van der Waals surface area contributed by atoms with Crippen LogP contribution in [0.3, 0.4) is 0 Å². The monoisotopic (exact) mass is 342 g/mol. The number of benzene rings is 1. The van der Waals surface area contributed by atoms with Crippen molar-refractivity contribution in [2.45, 2.75) is 52.7 Å². The van der Waals surface area contributed by atoms with Gasteiger partial charge in [0.05, 0.1) is 16.7 Å². The molecule has 0 aliphatic heterocycles. The van der Waals surface area contributed by atoms with Gasteiger partial charge in [-0.15, -0.1) is 0 Å². The van der Waals surface area contributed by atoms with Crippen LogP contribution in [0.15, 0.2) is 30.3 Å². The molecule has 2 aromatic rings. The second-order valence-electron chi connectivity index (χ2n) is 7.59. The Morgan fingerprint density at radius 1 is 0.880 bits per heavy atom. The van der Waals surface area contributed by atoms with Crippen molar-refractivity contribution in [1.29, 1.82) is 0 Å². The molecule has 0 saturated carbocycles. The van der Waals surface area contributed by atoms with Gasteiger partial charge in [-0.25, -0.2) is 19.4 Å². The predicted molar refractivity (Wildman–Crippen MR) is 98.9 cm³/mol. The zero-order valence-electron chi connectivity index (χ0n) is 16.5. The van der Waals surface area contributed by atoms with E-state index in [9.17, 15) is 0 Å². The summed E-state index contributed by atoms with van der Waals surface area (Å²) in [5, 5.41) is 1.06. The Kier molecular flexibility index (Phi) is 7.63. The Morgan fingerprint density at radius 2 is 1.40 bits per heavy atom. The number of hydrogen-bond acceptors (Lipinski definition) is 5. The molecule has 1 radical (unpaired) electrons. The fourth-order valence-electron chi connectivity index (χ4n) is 1.90. The molecule has 1 heterocycles. The van der Waals surface area contributed by atoms with E-state index in [2.05, 4.69) is 0 Å². The van der Waals surface area contributed by atoms with Gasteiger partial charge in [0, 0.05) is 37.4 Å². The summed E-state index contributed by atoms with van der Waals surface area (Å²) >= 11 is 0. The molecule has 25 heavy (non-hydrogen) atoms. The predicted octanol–water partition coefficient (Wildman–Crippen LogP) is 3.65. The van der Waals surface area contributed by atoms with Gasteiger partial charge in [-0.2, -0.15) is 0 Å². The molecule has 0 saturated heterocycles. The van der Waals surface area contributed by atoms with Crippen molar-refractivity contribution in [1.82, 2.24) is 4.57 Å². The SMILES string of the molecule is Cn1c(OB(OOC(C)(C)C)OOC(C)(C)C)cc2ccccc21.[Li]. The molecular formula is C17H26BLiNO5. The second-order valence-corrected chi connectivity index (χ2v) is 7.59. The van der Waals surface area contributed by atoms with E-state index in [0.717, 1.165) is 10.9 Å². The average molecular weight is 342 g/mol. The van der Waals surface area contributed by atoms with E-state index in [1.165, 1.54) is 0 Å². The van der Waals surface area contributed by atoms with Gasteiger partial charge in [-0.1, -0.05) is 18.2 Å².